The van der Waals surface area contributed by atoms with Crippen molar-refractivity contribution < 1.29 is 9.84 Å². The number of aliphatic hydroxyl groups is 1. The number of hydrogen-bond donors (Lipinski definition) is 1. The smallest absolute Gasteiger partial charge is 0.100 e. The van der Waals surface area contributed by atoms with Crippen molar-refractivity contribution in [3.8, 4) is 0 Å². The van der Waals surface area contributed by atoms with E-state index in [0.29, 0.717) is 12.5 Å². The summed E-state index contributed by atoms with van der Waals surface area (Å²) in [6.07, 6.45) is 5.17. The number of nitrogens with zero attached hydrogens (tertiary/aromatic N) is 2. The number of hydrogen-bond acceptors (Lipinski definition) is 4. The first-order valence-electron chi connectivity index (χ1n) is 7.20. The van der Waals surface area contributed by atoms with Crippen LogP contribution in [-0.2, 0) is 4.74 Å². The molecule has 0 bridgehead atoms. The van der Waals surface area contributed by atoms with Gasteiger partial charge in [0.1, 0.15) is 6.61 Å². The summed E-state index contributed by atoms with van der Waals surface area (Å²) in [6, 6.07) is 0. The van der Waals surface area contributed by atoms with Crippen molar-refractivity contribution in [3.05, 3.63) is 11.8 Å². The lowest BCUT2D eigenvalue weighted by molar-refractivity contribution is 0.104. The third-order valence-electron chi connectivity index (χ3n) is 3.77. The van der Waals surface area contributed by atoms with Crippen molar-refractivity contribution in [2.75, 3.05) is 39.9 Å². The molecule has 0 radical (unpaired) electrons. The summed E-state index contributed by atoms with van der Waals surface area (Å²) in [7, 11) is 1.81. The molecular weight excluding hydrogens is 240 g/mol. The molecule has 1 rings (SSSR count). The zero-order chi connectivity index (χ0) is 14.1. The van der Waals surface area contributed by atoms with Crippen LogP contribution in [0.1, 0.15) is 33.1 Å². The maximum absolute atomic E-state index is 9.09. The van der Waals surface area contributed by atoms with Gasteiger partial charge in [-0.3, -0.25) is 9.89 Å². The summed E-state index contributed by atoms with van der Waals surface area (Å²) in [5, 5.41) is 9.09. The maximum atomic E-state index is 9.09. The molecule has 110 valence electrons. The van der Waals surface area contributed by atoms with Gasteiger partial charge < -0.3 is 9.84 Å². The number of rotatable bonds is 7. The van der Waals surface area contributed by atoms with Gasteiger partial charge >= 0.3 is 0 Å². The summed E-state index contributed by atoms with van der Waals surface area (Å²) in [5.41, 5.74) is 1.12. The Hall–Kier alpha value is -0.870. The Morgan fingerprint density at radius 1 is 1.37 bits per heavy atom. The van der Waals surface area contributed by atoms with Gasteiger partial charge in [-0.15, -0.1) is 0 Å². The highest BCUT2D eigenvalue weighted by Gasteiger charge is 2.17. The molecule has 0 unspecified atom stereocenters. The van der Waals surface area contributed by atoms with Crippen molar-refractivity contribution in [1.29, 1.82) is 0 Å². The van der Waals surface area contributed by atoms with E-state index in [1.165, 1.54) is 0 Å². The Morgan fingerprint density at radius 2 is 2.05 bits per heavy atom. The Labute approximate surface area is 117 Å². The van der Waals surface area contributed by atoms with Gasteiger partial charge in [0.15, 0.2) is 0 Å². The summed E-state index contributed by atoms with van der Waals surface area (Å²) in [5.74, 6) is 1.49. The van der Waals surface area contributed by atoms with Crippen LogP contribution < -0.4 is 0 Å². The topological polar surface area (TPSA) is 45.1 Å². The van der Waals surface area contributed by atoms with Crippen LogP contribution in [0.15, 0.2) is 16.8 Å². The van der Waals surface area contributed by atoms with E-state index in [4.69, 9.17) is 9.84 Å². The molecular formula is C15H28N2O2. The minimum Gasteiger partial charge on any atom is -0.497 e. The van der Waals surface area contributed by atoms with E-state index in [-0.39, 0.29) is 0 Å². The Balaban J connectivity index is 2.13. The second-order valence-electron chi connectivity index (χ2n) is 5.29. The van der Waals surface area contributed by atoms with Crippen LogP contribution in [0.2, 0.25) is 0 Å². The predicted octanol–water partition coefficient (Wildman–Crippen LogP) is 2.09. The average Bonchev–Trinajstić information content (AvgIpc) is 2.45. The van der Waals surface area contributed by atoms with E-state index in [0.717, 1.165) is 57.0 Å². The number of aliphatic imine (C=N–C) groups is 1. The van der Waals surface area contributed by atoms with Crippen molar-refractivity contribution in [1.82, 2.24) is 4.90 Å². The van der Waals surface area contributed by atoms with Crippen molar-refractivity contribution in [2.45, 2.75) is 33.1 Å². The van der Waals surface area contributed by atoms with E-state index < -0.39 is 0 Å². The van der Waals surface area contributed by atoms with E-state index >= 15 is 0 Å². The van der Waals surface area contributed by atoms with Gasteiger partial charge in [0, 0.05) is 32.3 Å². The number of allylic oxidation sites excluding steroid dienone is 2. The summed E-state index contributed by atoms with van der Waals surface area (Å²) in [6.45, 7) is 8.25. The van der Waals surface area contributed by atoms with Gasteiger partial charge in [0.2, 0.25) is 0 Å². The molecule has 0 aromatic carbocycles. The highest BCUT2D eigenvalue weighted by atomic mass is 16.5. The lowest BCUT2D eigenvalue weighted by Gasteiger charge is -2.30. The summed E-state index contributed by atoms with van der Waals surface area (Å²) >= 11 is 0. The van der Waals surface area contributed by atoms with Crippen LogP contribution in [0, 0.1) is 5.92 Å². The van der Waals surface area contributed by atoms with Gasteiger partial charge in [0.25, 0.3) is 0 Å². The van der Waals surface area contributed by atoms with E-state index in [1.807, 2.05) is 20.9 Å². The van der Waals surface area contributed by atoms with Gasteiger partial charge in [-0.1, -0.05) is 0 Å². The molecule has 1 aliphatic heterocycles. The third kappa shape index (κ3) is 6.73. The number of ether oxygens (including phenoxy) is 1. The molecule has 0 saturated carbocycles. The molecule has 0 spiro atoms. The van der Waals surface area contributed by atoms with Crippen molar-refractivity contribution in [3.63, 3.8) is 0 Å². The van der Waals surface area contributed by atoms with Crippen LogP contribution in [0.4, 0.5) is 0 Å². The van der Waals surface area contributed by atoms with E-state index in [9.17, 15) is 0 Å². The lowest BCUT2D eigenvalue weighted by atomic mass is 9.98. The highest BCUT2D eigenvalue weighted by molar-refractivity contribution is 5.83. The standard InChI is InChI=1S/C15H28N2O2/c1-13(16-3)4-5-14(2)19-11-10-17-8-6-15(12-18)7-9-17/h5,15,18H,4,6-12H2,1-3H3/b14-5+,16-13?. The minimum atomic E-state index is 0.338. The van der Waals surface area contributed by atoms with Gasteiger partial charge in [-0.25, -0.2) is 0 Å². The second-order valence-corrected chi connectivity index (χ2v) is 5.29. The van der Waals surface area contributed by atoms with Crippen LogP contribution in [0.3, 0.4) is 0 Å². The molecule has 1 heterocycles. The fraction of sp³-hybridized carbons (Fsp3) is 0.800. The van der Waals surface area contributed by atoms with Gasteiger partial charge in [-0.05, 0) is 51.8 Å². The van der Waals surface area contributed by atoms with Crippen molar-refractivity contribution in [2.24, 2.45) is 10.9 Å². The first-order valence-corrected chi connectivity index (χ1v) is 7.20. The predicted molar refractivity (Wildman–Crippen MR) is 79.6 cm³/mol. The SMILES string of the molecule is CN=C(C)C/C=C(\C)OCCN1CCC(CO)CC1. The molecule has 1 saturated heterocycles. The molecule has 0 aliphatic carbocycles. The van der Waals surface area contributed by atoms with Crippen LogP contribution in [-0.4, -0.2) is 55.6 Å². The summed E-state index contributed by atoms with van der Waals surface area (Å²) < 4.78 is 5.71. The van der Waals surface area contributed by atoms with Gasteiger partial charge in [-0.2, -0.15) is 0 Å². The third-order valence-corrected chi connectivity index (χ3v) is 3.77. The van der Waals surface area contributed by atoms with E-state index in [1.54, 1.807) is 0 Å². The minimum absolute atomic E-state index is 0.338. The fourth-order valence-corrected chi connectivity index (χ4v) is 2.17. The summed E-state index contributed by atoms with van der Waals surface area (Å²) in [4.78, 5) is 6.53. The molecule has 1 fully saturated rings. The quantitative estimate of drug-likeness (QED) is 0.568. The largest absolute Gasteiger partial charge is 0.497 e. The zero-order valence-electron chi connectivity index (χ0n) is 12.6. The monoisotopic (exact) mass is 268 g/mol. The number of piperidine rings is 1. The molecule has 4 nitrogen and oxygen atoms in total. The molecule has 0 amide bonds. The Kier molecular flexibility index (Phi) is 7.75. The Morgan fingerprint density at radius 3 is 2.63 bits per heavy atom. The number of likely N-dealkylation sites (tertiary alicyclic amines) is 1. The normalized spacial score (nSPS) is 19.8. The first kappa shape index (κ1) is 16.2. The van der Waals surface area contributed by atoms with Crippen LogP contribution in [0.5, 0.6) is 0 Å². The fourth-order valence-electron chi connectivity index (χ4n) is 2.17. The highest BCUT2D eigenvalue weighted by Crippen LogP contribution is 2.15. The van der Waals surface area contributed by atoms with E-state index in [2.05, 4.69) is 16.0 Å². The molecule has 1 N–H and O–H groups in total. The number of aliphatic hydroxyl groups excluding tert-OH is 1. The molecule has 0 aromatic heterocycles. The first-order chi connectivity index (χ1) is 9.15. The maximum Gasteiger partial charge on any atom is 0.100 e. The molecule has 1 aliphatic rings. The molecule has 0 atom stereocenters. The van der Waals surface area contributed by atoms with Crippen LogP contribution >= 0.6 is 0 Å². The molecule has 19 heavy (non-hydrogen) atoms. The molecule has 0 aromatic rings. The van der Waals surface area contributed by atoms with Gasteiger partial charge in [0.05, 0.1) is 5.76 Å². The second kappa shape index (κ2) is 9.10. The molecule has 4 heteroatoms. The Bertz CT molecular complexity index is 305. The lowest BCUT2D eigenvalue weighted by Crippen LogP contribution is -2.36. The average molecular weight is 268 g/mol. The zero-order valence-corrected chi connectivity index (χ0v) is 12.6. The van der Waals surface area contributed by atoms with Crippen LogP contribution in [0.25, 0.3) is 0 Å². The van der Waals surface area contributed by atoms with Crippen molar-refractivity contribution >= 4 is 5.71 Å².